The van der Waals surface area contributed by atoms with Gasteiger partial charge in [0.1, 0.15) is 58.9 Å². The van der Waals surface area contributed by atoms with Gasteiger partial charge in [-0.2, -0.15) is 4.57 Å². The van der Waals surface area contributed by atoms with E-state index < -0.39 is 144 Å². The molecule has 0 spiro atoms. The SMILES string of the molecule is CC(C)Oc1cncc[n+]1Cc1ccccc1.Fc1c(F)c(F)c([B-](c2c(F)c(F)c(F)c(F)c2F)(c2c(F)c(F)c(F)c(F)c2F)c2c(F)c(F)c(F)c(F)c2F)c(F)c1F. The van der Waals surface area contributed by atoms with Crippen molar-refractivity contribution < 1.29 is 97.1 Å². The summed E-state index contributed by atoms with van der Waals surface area (Å²) in [4.78, 5) is 4.09. The first-order valence-electron chi connectivity index (χ1n) is 16.7. The predicted octanol–water partition coefficient (Wildman–Crippen LogP) is 8.05. The van der Waals surface area contributed by atoms with Crippen molar-refractivity contribution >= 4 is 28.0 Å². The molecular weight excluding hydrogens is 891 g/mol. The second kappa shape index (κ2) is 17.6. The van der Waals surface area contributed by atoms with Crippen LogP contribution in [0.2, 0.25) is 0 Å². The van der Waals surface area contributed by atoms with E-state index in [0.29, 0.717) is 0 Å². The van der Waals surface area contributed by atoms with Gasteiger partial charge in [0, 0.05) is 5.56 Å². The molecule has 3 nitrogen and oxygen atoms in total. The normalized spacial score (nSPS) is 11.6. The summed E-state index contributed by atoms with van der Waals surface area (Å²) in [7, 11) is 0. The molecule has 1 aromatic heterocycles. The van der Waals surface area contributed by atoms with Crippen LogP contribution in [0.4, 0.5) is 87.8 Å². The quantitative estimate of drug-likeness (QED) is 0.0509. The number of hydrogen-bond donors (Lipinski definition) is 0. The van der Waals surface area contributed by atoms with Crippen LogP contribution in [0.15, 0.2) is 48.9 Å². The molecule has 62 heavy (non-hydrogen) atoms. The van der Waals surface area contributed by atoms with Crippen LogP contribution in [-0.4, -0.2) is 17.2 Å². The number of halogens is 20. The third kappa shape index (κ3) is 7.52. The molecule has 5 aromatic carbocycles. The zero-order valence-corrected chi connectivity index (χ0v) is 30.3. The Morgan fingerprint density at radius 2 is 0.710 bits per heavy atom. The van der Waals surface area contributed by atoms with E-state index in [0.717, 1.165) is 12.4 Å². The molecule has 0 aliphatic carbocycles. The van der Waals surface area contributed by atoms with Gasteiger partial charge in [0.15, 0.2) is 82.5 Å². The molecule has 6 rings (SSSR count). The van der Waals surface area contributed by atoms with E-state index in [4.69, 9.17) is 4.74 Å². The summed E-state index contributed by atoms with van der Waals surface area (Å²) in [6, 6.07) is 10.3. The lowest BCUT2D eigenvalue weighted by molar-refractivity contribution is -0.694. The highest BCUT2D eigenvalue weighted by Gasteiger charge is 2.52. The van der Waals surface area contributed by atoms with Gasteiger partial charge in [0.2, 0.25) is 0 Å². The molecule has 0 aliphatic heterocycles. The minimum atomic E-state index is -7.22. The van der Waals surface area contributed by atoms with Crippen molar-refractivity contribution in [2.24, 2.45) is 0 Å². The first kappa shape index (κ1) is 46.7. The maximum absolute atomic E-state index is 15.4. The van der Waals surface area contributed by atoms with Crippen LogP contribution >= 0.6 is 0 Å². The predicted molar refractivity (Wildman–Crippen MR) is 175 cm³/mol. The van der Waals surface area contributed by atoms with Crippen LogP contribution in [0, 0.1) is 116 Å². The molecule has 6 aromatic rings. The van der Waals surface area contributed by atoms with Gasteiger partial charge in [0.25, 0.3) is 0 Å². The summed E-state index contributed by atoms with van der Waals surface area (Å²) in [5.41, 5.74) is -13.1. The summed E-state index contributed by atoms with van der Waals surface area (Å²) in [6.07, 6.45) is -1.60. The van der Waals surface area contributed by atoms with Gasteiger partial charge >= 0.3 is 5.88 Å². The molecule has 0 unspecified atom stereocenters. The van der Waals surface area contributed by atoms with Crippen molar-refractivity contribution in [3.05, 3.63) is 171 Å². The number of aromatic nitrogens is 2. The van der Waals surface area contributed by atoms with Gasteiger partial charge in [-0.3, -0.25) is 0 Å². The summed E-state index contributed by atoms with van der Waals surface area (Å²) in [6.45, 7) is 4.82. The first-order chi connectivity index (χ1) is 29.0. The van der Waals surface area contributed by atoms with Gasteiger partial charge in [-0.05, 0) is 13.8 Å². The molecule has 1 heterocycles. The number of benzene rings is 5. The molecule has 0 N–H and O–H groups in total. The second-order valence-corrected chi connectivity index (χ2v) is 13.0. The molecule has 0 saturated heterocycles. The molecule has 0 aliphatic rings. The molecule has 0 atom stereocenters. The Labute approximate surface area is 333 Å². The topological polar surface area (TPSA) is 26.0 Å². The summed E-state index contributed by atoms with van der Waals surface area (Å²) in [5.74, 6) is -70.6. The van der Waals surface area contributed by atoms with E-state index >= 15 is 35.1 Å². The van der Waals surface area contributed by atoms with Gasteiger partial charge in [0.05, 0.1) is 12.3 Å². The lowest BCUT2D eigenvalue weighted by atomic mass is 9.12. The maximum Gasteiger partial charge on any atom is 0.387 e. The lowest BCUT2D eigenvalue weighted by Gasteiger charge is -2.44. The van der Waals surface area contributed by atoms with E-state index in [2.05, 4.69) is 21.7 Å². The van der Waals surface area contributed by atoms with Crippen LogP contribution < -0.4 is 31.2 Å². The van der Waals surface area contributed by atoms with Crippen molar-refractivity contribution in [1.29, 1.82) is 0 Å². The van der Waals surface area contributed by atoms with Gasteiger partial charge < -0.3 is 4.74 Å². The average Bonchev–Trinajstić information content (AvgIpc) is 3.24. The lowest BCUT2D eigenvalue weighted by Crippen LogP contribution is -2.81. The molecular formula is C38H17BF20N2O. The van der Waals surface area contributed by atoms with E-state index in [1.54, 1.807) is 12.4 Å². The Bertz CT molecular complexity index is 2350. The number of nitrogens with zero attached hydrogens (tertiary/aromatic N) is 2. The summed E-state index contributed by atoms with van der Waals surface area (Å²) >= 11 is 0. The number of ether oxygens (including phenoxy) is 1. The fraction of sp³-hybridized carbons (Fsp3) is 0.105. The Hall–Kier alpha value is -6.36. The minimum absolute atomic E-state index is 0.154. The first-order valence-corrected chi connectivity index (χ1v) is 16.7. The summed E-state index contributed by atoms with van der Waals surface area (Å²) < 4.78 is 302. The fourth-order valence-corrected chi connectivity index (χ4v) is 6.50. The average molecular weight is 908 g/mol. The monoisotopic (exact) mass is 908 g/mol. The Balaban J connectivity index is 0.000000355. The third-order valence-corrected chi connectivity index (χ3v) is 9.06. The molecule has 0 saturated carbocycles. The van der Waals surface area contributed by atoms with Crippen LogP contribution in [-0.2, 0) is 6.54 Å². The molecule has 0 bridgehead atoms. The Morgan fingerprint density at radius 1 is 0.435 bits per heavy atom. The van der Waals surface area contributed by atoms with Crippen molar-refractivity contribution in [2.75, 3.05) is 0 Å². The van der Waals surface area contributed by atoms with Crippen molar-refractivity contribution in [3.8, 4) is 5.88 Å². The molecule has 0 radical (unpaired) electrons. The molecule has 0 fully saturated rings. The molecule has 0 amide bonds. The molecule has 24 heteroatoms. The van der Waals surface area contributed by atoms with Crippen LogP contribution in [0.1, 0.15) is 19.4 Å². The highest BCUT2D eigenvalue weighted by atomic mass is 19.2. The van der Waals surface area contributed by atoms with E-state index in [1.165, 1.54) is 5.56 Å². The van der Waals surface area contributed by atoms with Gasteiger partial charge in [-0.1, -0.05) is 30.3 Å². The highest BCUT2D eigenvalue weighted by molar-refractivity contribution is 7.20. The number of hydrogen-bond acceptors (Lipinski definition) is 2. The summed E-state index contributed by atoms with van der Waals surface area (Å²) in [5, 5.41) is 0. The minimum Gasteiger partial charge on any atom is -0.441 e. The van der Waals surface area contributed by atoms with Crippen LogP contribution in [0.25, 0.3) is 0 Å². The highest BCUT2D eigenvalue weighted by Crippen LogP contribution is 2.30. The molecule has 328 valence electrons. The zero-order valence-electron chi connectivity index (χ0n) is 30.3. The standard InChI is InChI=1S/C24BF20.C14H17N2O/c26-5-1(6(27)14(35)21(42)13(5)34)25(2-7(28)15(36)22(43)16(37)8(2)29,3-9(30)17(38)23(44)18(39)10(3)31)4-11(32)19(40)24(45)20(41)12(4)33;1-12(2)17-14-10-15-8-9-16(14)11-13-6-4-3-5-7-13/h;3-10,12H,11H2,1-2H3/q-1;+1. The zero-order chi connectivity index (χ0) is 46.4. The van der Waals surface area contributed by atoms with Crippen LogP contribution in [0.5, 0.6) is 5.88 Å². The van der Waals surface area contributed by atoms with Gasteiger partial charge in [-0.15, -0.1) is 21.9 Å². The van der Waals surface area contributed by atoms with E-state index in [1.807, 2.05) is 38.2 Å². The van der Waals surface area contributed by atoms with Crippen molar-refractivity contribution in [3.63, 3.8) is 0 Å². The third-order valence-electron chi connectivity index (χ3n) is 9.06. The smallest absolute Gasteiger partial charge is 0.387 e. The fourth-order valence-electron chi connectivity index (χ4n) is 6.50. The van der Waals surface area contributed by atoms with Gasteiger partial charge in [-0.25, -0.2) is 92.8 Å². The Morgan fingerprint density at radius 3 is 0.984 bits per heavy atom. The number of rotatable bonds is 8. The maximum atomic E-state index is 15.4. The van der Waals surface area contributed by atoms with E-state index in [-0.39, 0.29) is 6.10 Å². The van der Waals surface area contributed by atoms with E-state index in [9.17, 15) is 52.7 Å². The Kier molecular flexibility index (Phi) is 13.2. The second-order valence-electron chi connectivity index (χ2n) is 13.0. The van der Waals surface area contributed by atoms with Crippen molar-refractivity contribution in [1.82, 2.24) is 4.98 Å². The van der Waals surface area contributed by atoms with Crippen LogP contribution in [0.3, 0.4) is 0 Å². The van der Waals surface area contributed by atoms with Crippen molar-refractivity contribution in [2.45, 2.75) is 26.5 Å². The largest absolute Gasteiger partial charge is 0.441 e.